The number of carbonyl (C=O) groups excluding carboxylic acids is 1. The van der Waals surface area contributed by atoms with Gasteiger partial charge >= 0.3 is 0 Å². The zero-order chi connectivity index (χ0) is 16.6. The number of rotatable bonds is 0. The Morgan fingerprint density at radius 1 is 0.913 bits per heavy atom. The molecule has 0 saturated heterocycles. The minimum Gasteiger partial charge on any atom is -0.393 e. The van der Waals surface area contributed by atoms with Gasteiger partial charge in [0.2, 0.25) is 0 Å². The Kier molecular flexibility index (Phi) is 3.39. The first-order valence-electron chi connectivity index (χ1n) is 9.90. The molecule has 2 heteroatoms. The van der Waals surface area contributed by atoms with Crippen molar-refractivity contribution >= 4 is 5.78 Å². The van der Waals surface area contributed by atoms with Crippen LogP contribution in [0.1, 0.15) is 79.1 Å². The maximum atomic E-state index is 12.5. The first-order valence-corrected chi connectivity index (χ1v) is 9.90. The van der Waals surface area contributed by atoms with Crippen LogP contribution in [0.3, 0.4) is 0 Å². The van der Waals surface area contributed by atoms with Gasteiger partial charge in [0.15, 0.2) is 0 Å². The lowest BCUT2D eigenvalue weighted by Crippen LogP contribution is -2.56. The molecule has 0 unspecified atom stereocenters. The lowest BCUT2D eigenvalue weighted by molar-refractivity contribution is -0.158. The quantitative estimate of drug-likeness (QED) is 0.709. The van der Waals surface area contributed by atoms with E-state index in [1.165, 1.54) is 32.1 Å². The zero-order valence-corrected chi connectivity index (χ0v) is 15.4. The van der Waals surface area contributed by atoms with Gasteiger partial charge in [0.1, 0.15) is 5.78 Å². The summed E-state index contributed by atoms with van der Waals surface area (Å²) in [4.78, 5) is 12.5. The van der Waals surface area contributed by atoms with Crippen LogP contribution in [0.2, 0.25) is 0 Å². The van der Waals surface area contributed by atoms with E-state index in [2.05, 4.69) is 27.7 Å². The van der Waals surface area contributed by atoms with E-state index < -0.39 is 0 Å². The van der Waals surface area contributed by atoms with Crippen molar-refractivity contribution in [1.29, 1.82) is 0 Å². The smallest absolute Gasteiger partial charge is 0.138 e. The average Bonchev–Trinajstić information content (AvgIpc) is 2.76. The fourth-order valence-corrected chi connectivity index (χ4v) is 7.67. The molecule has 130 valence electrons. The summed E-state index contributed by atoms with van der Waals surface area (Å²) in [6.07, 6.45) is 9.05. The zero-order valence-electron chi connectivity index (χ0n) is 15.4. The van der Waals surface area contributed by atoms with E-state index in [4.69, 9.17) is 0 Å². The molecule has 0 bridgehead atoms. The first-order chi connectivity index (χ1) is 10.7. The number of hydrogen-bond acceptors (Lipinski definition) is 2. The molecule has 4 rings (SSSR count). The van der Waals surface area contributed by atoms with E-state index in [-0.39, 0.29) is 16.9 Å². The van der Waals surface area contributed by atoms with Crippen LogP contribution >= 0.6 is 0 Å². The molecule has 0 radical (unpaired) electrons. The SMILES string of the molecule is CC1(C)C[C@@]2(C)[C@@H](CC[C@@H]3[C@@H]2CC[C@]2(C)[C@@H](O)CC[C@@H]32)CC1=O. The summed E-state index contributed by atoms with van der Waals surface area (Å²) in [6, 6.07) is 0. The molecule has 1 N–H and O–H groups in total. The number of carbonyl (C=O) groups is 1. The average molecular weight is 319 g/mol. The molecule has 0 aliphatic heterocycles. The minimum absolute atomic E-state index is 0.0802. The van der Waals surface area contributed by atoms with Crippen molar-refractivity contribution in [2.75, 3.05) is 0 Å². The highest BCUT2D eigenvalue weighted by Gasteiger charge is 2.61. The number of ketones is 1. The second-order valence-corrected chi connectivity index (χ2v) is 10.5. The summed E-state index contributed by atoms with van der Waals surface area (Å²) in [7, 11) is 0. The number of aliphatic hydroxyl groups excluding tert-OH is 1. The maximum Gasteiger partial charge on any atom is 0.138 e. The topological polar surface area (TPSA) is 37.3 Å². The second-order valence-electron chi connectivity index (χ2n) is 10.5. The lowest BCUT2D eigenvalue weighted by Gasteiger charge is -2.61. The van der Waals surface area contributed by atoms with Crippen LogP contribution in [0.25, 0.3) is 0 Å². The molecule has 0 spiro atoms. The molecule has 0 aromatic carbocycles. The molecule has 23 heavy (non-hydrogen) atoms. The van der Waals surface area contributed by atoms with Crippen LogP contribution < -0.4 is 0 Å². The fourth-order valence-electron chi connectivity index (χ4n) is 7.67. The van der Waals surface area contributed by atoms with Crippen LogP contribution in [0.15, 0.2) is 0 Å². The van der Waals surface area contributed by atoms with Gasteiger partial charge in [0.25, 0.3) is 0 Å². The van der Waals surface area contributed by atoms with Crippen molar-refractivity contribution in [2.45, 2.75) is 85.2 Å². The molecular weight excluding hydrogens is 284 g/mol. The molecule has 0 aromatic heterocycles. The van der Waals surface area contributed by atoms with Gasteiger partial charge < -0.3 is 5.11 Å². The van der Waals surface area contributed by atoms with Crippen LogP contribution in [0, 0.1) is 39.9 Å². The molecule has 4 fully saturated rings. The molecule has 7 atom stereocenters. The Hall–Kier alpha value is -0.370. The monoisotopic (exact) mass is 318 g/mol. The third-order valence-corrected chi connectivity index (χ3v) is 9.02. The summed E-state index contributed by atoms with van der Waals surface area (Å²) in [5.41, 5.74) is 0.378. The van der Waals surface area contributed by atoms with Crippen molar-refractivity contribution in [1.82, 2.24) is 0 Å². The molecule has 2 nitrogen and oxygen atoms in total. The van der Waals surface area contributed by atoms with Crippen LogP contribution in [0.4, 0.5) is 0 Å². The largest absolute Gasteiger partial charge is 0.393 e. The van der Waals surface area contributed by atoms with Gasteiger partial charge in [-0.3, -0.25) is 4.79 Å². The Morgan fingerprint density at radius 2 is 1.61 bits per heavy atom. The summed E-state index contributed by atoms with van der Waals surface area (Å²) in [5, 5.41) is 10.5. The molecule has 4 aliphatic rings. The lowest BCUT2D eigenvalue weighted by atomic mass is 9.43. The Morgan fingerprint density at radius 3 is 2.35 bits per heavy atom. The number of Topliss-reactive ketones (excluding diaryl/α,β-unsaturated/α-hetero) is 1. The normalized spacial score (nSPS) is 55.0. The van der Waals surface area contributed by atoms with E-state index in [0.29, 0.717) is 17.1 Å². The minimum atomic E-state index is -0.136. The molecule has 4 saturated carbocycles. The summed E-state index contributed by atoms with van der Waals surface area (Å²) < 4.78 is 0. The number of hydrogen-bond donors (Lipinski definition) is 1. The fraction of sp³-hybridized carbons (Fsp3) is 0.952. The van der Waals surface area contributed by atoms with E-state index in [1.54, 1.807) is 0 Å². The van der Waals surface area contributed by atoms with E-state index in [9.17, 15) is 9.90 Å². The number of fused-ring (bicyclic) bond motifs is 5. The molecule has 0 amide bonds. The molecule has 0 aromatic rings. The van der Waals surface area contributed by atoms with E-state index >= 15 is 0 Å². The predicted octanol–water partition coefficient (Wildman–Crippen LogP) is 4.60. The van der Waals surface area contributed by atoms with E-state index in [0.717, 1.165) is 37.0 Å². The van der Waals surface area contributed by atoms with Crippen LogP contribution in [-0.4, -0.2) is 17.0 Å². The highest BCUT2D eigenvalue weighted by molar-refractivity contribution is 5.85. The molecular formula is C21H34O2. The second kappa shape index (κ2) is 4.84. The van der Waals surface area contributed by atoms with E-state index in [1.807, 2.05) is 0 Å². The predicted molar refractivity (Wildman–Crippen MR) is 91.9 cm³/mol. The third-order valence-electron chi connectivity index (χ3n) is 9.02. The van der Waals surface area contributed by atoms with Gasteiger partial charge in [-0.2, -0.15) is 0 Å². The van der Waals surface area contributed by atoms with Gasteiger partial charge in [-0.15, -0.1) is 0 Å². The maximum absolute atomic E-state index is 12.5. The summed E-state index contributed by atoms with van der Waals surface area (Å²) >= 11 is 0. The van der Waals surface area contributed by atoms with Crippen LogP contribution in [-0.2, 0) is 4.79 Å². The summed E-state index contributed by atoms with van der Waals surface area (Å²) in [6.45, 7) is 9.21. The van der Waals surface area contributed by atoms with Crippen molar-refractivity contribution in [2.24, 2.45) is 39.9 Å². The molecule has 0 heterocycles. The van der Waals surface area contributed by atoms with Crippen molar-refractivity contribution in [3.05, 3.63) is 0 Å². The highest BCUT2D eigenvalue weighted by Crippen LogP contribution is 2.67. The van der Waals surface area contributed by atoms with Crippen molar-refractivity contribution < 1.29 is 9.90 Å². The van der Waals surface area contributed by atoms with Gasteiger partial charge in [-0.05, 0) is 79.4 Å². The standard InChI is InChI=1S/C21H34O2/c1-19(2)12-21(4)13(11-18(19)23)5-6-14-15-7-8-17(22)20(15,3)10-9-16(14)21/h13-17,22H,5-12H2,1-4H3/t13-,14-,15-,16-,17-,20-,21-/m0/s1. The summed E-state index contributed by atoms with van der Waals surface area (Å²) in [5.74, 6) is 3.39. The first kappa shape index (κ1) is 16.1. The van der Waals surface area contributed by atoms with Gasteiger partial charge in [-0.1, -0.05) is 27.7 Å². The van der Waals surface area contributed by atoms with Gasteiger partial charge in [0.05, 0.1) is 6.10 Å². The van der Waals surface area contributed by atoms with Crippen LogP contribution in [0.5, 0.6) is 0 Å². The Bertz CT molecular complexity index is 524. The van der Waals surface area contributed by atoms with Gasteiger partial charge in [-0.25, -0.2) is 0 Å². The van der Waals surface area contributed by atoms with Gasteiger partial charge in [0, 0.05) is 11.8 Å². The highest BCUT2D eigenvalue weighted by atomic mass is 16.3. The van der Waals surface area contributed by atoms with Crippen molar-refractivity contribution in [3.8, 4) is 0 Å². The Balaban J connectivity index is 1.66. The third kappa shape index (κ3) is 2.06. The van der Waals surface area contributed by atoms with Crippen molar-refractivity contribution in [3.63, 3.8) is 0 Å². The Labute approximate surface area is 141 Å². The number of aliphatic hydroxyl groups is 1. The molecule has 4 aliphatic carbocycles.